The molecular weight excluding hydrogens is 376 g/mol. The molecule has 7 nitrogen and oxygen atoms in total. The number of aromatic nitrogens is 4. The Hall–Kier alpha value is -2.22. The topological polar surface area (TPSA) is 59.3 Å². The minimum absolute atomic E-state index is 0.344. The number of fused-ring (bicyclic) bond motifs is 1. The Morgan fingerprint density at radius 1 is 1.07 bits per heavy atom. The molecule has 1 saturated heterocycles. The van der Waals surface area contributed by atoms with Gasteiger partial charge in [-0.05, 0) is 25.6 Å². The number of benzene rings is 1. The lowest BCUT2D eigenvalue weighted by atomic mass is 10.2. The van der Waals surface area contributed by atoms with Gasteiger partial charge in [0.2, 0.25) is 0 Å². The van der Waals surface area contributed by atoms with Crippen LogP contribution in [0.5, 0.6) is 0 Å². The average molecular weight is 401 g/mol. The van der Waals surface area contributed by atoms with Gasteiger partial charge in [-0.1, -0.05) is 30.7 Å². The summed E-state index contributed by atoms with van der Waals surface area (Å²) in [5, 5.41) is 0.651. The number of anilines is 1. The lowest BCUT2D eigenvalue weighted by Gasteiger charge is -2.34. The van der Waals surface area contributed by atoms with E-state index in [9.17, 15) is 0 Å². The van der Waals surface area contributed by atoms with E-state index >= 15 is 0 Å². The van der Waals surface area contributed by atoms with E-state index < -0.39 is 0 Å². The Morgan fingerprint density at radius 2 is 1.82 bits per heavy atom. The van der Waals surface area contributed by atoms with E-state index in [4.69, 9.17) is 26.3 Å². The number of hydrogen-bond donors (Lipinski definition) is 0. The van der Waals surface area contributed by atoms with Crippen molar-refractivity contribution in [2.24, 2.45) is 0 Å². The highest BCUT2D eigenvalue weighted by atomic mass is 35.5. The van der Waals surface area contributed by atoms with Gasteiger partial charge in [0.25, 0.3) is 0 Å². The van der Waals surface area contributed by atoms with Gasteiger partial charge in [0.15, 0.2) is 17.0 Å². The number of rotatable bonds is 5. The Labute approximate surface area is 169 Å². The molecule has 1 aliphatic rings. The second-order valence-corrected chi connectivity index (χ2v) is 7.36. The molecule has 1 aliphatic heterocycles. The summed E-state index contributed by atoms with van der Waals surface area (Å²) in [7, 11) is 1.67. The van der Waals surface area contributed by atoms with Crippen molar-refractivity contribution in [1.82, 2.24) is 24.4 Å². The minimum Gasteiger partial charge on any atom is -0.364 e. The Morgan fingerprint density at radius 3 is 2.50 bits per heavy atom. The van der Waals surface area contributed by atoms with Crippen LogP contribution in [0.1, 0.15) is 12.7 Å². The number of ether oxygens (including phenoxy) is 1. The normalized spacial score (nSPS) is 15.5. The van der Waals surface area contributed by atoms with Crippen molar-refractivity contribution in [3.8, 4) is 11.4 Å². The van der Waals surface area contributed by atoms with Crippen molar-refractivity contribution in [3.05, 3.63) is 35.1 Å². The molecule has 148 valence electrons. The molecule has 3 aromatic rings. The molecule has 0 aliphatic carbocycles. The van der Waals surface area contributed by atoms with Crippen LogP contribution in [0.15, 0.2) is 24.3 Å². The van der Waals surface area contributed by atoms with Crippen LogP contribution < -0.4 is 4.90 Å². The SMILES string of the molecule is CCN1CCN(c2nc(C)nc3c2nc(-c2ccccc2Cl)n3COC)CC1. The zero-order valence-electron chi connectivity index (χ0n) is 16.5. The first-order valence-corrected chi connectivity index (χ1v) is 9.96. The largest absolute Gasteiger partial charge is 0.364 e. The van der Waals surface area contributed by atoms with Gasteiger partial charge in [-0.2, -0.15) is 0 Å². The zero-order chi connectivity index (χ0) is 19.7. The third kappa shape index (κ3) is 3.45. The van der Waals surface area contributed by atoms with Gasteiger partial charge in [0.05, 0.1) is 5.02 Å². The lowest BCUT2D eigenvalue weighted by Crippen LogP contribution is -2.46. The summed E-state index contributed by atoms with van der Waals surface area (Å²) < 4.78 is 7.42. The molecule has 3 heterocycles. The molecule has 0 atom stereocenters. The summed E-state index contributed by atoms with van der Waals surface area (Å²) in [5.41, 5.74) is 2.43. The number of hydrogen-bond acceptors (Lipinski definition) is 6. The van der Waals surface area contributed by atoms with Crippen molar-refractivity contribution in [2.75, 3.05) is 44.7 Å². The third-order valence-electron chi connectivity index (χ3n) is 5.18. The van der Waals surface area contributed by atoms with Gasteiger partial charge < -0.3 is 14.5 Å². The fourth-order valence-electron chi connectivity index (χ4n) is 3.69. The summed E-state index contributed by atoms with van der Waals surface area (Å²) >= 11 is 6.46. The second-order valence-electron chi connectivity index (χ2n) is 6.95. The van der Waals surface area contributed by atoms with Crippen LogP contribution in [0.3, 0.4) is 0 Å². The molecule has 0 saturated carbocycles. The van der Waals surface area contributed by atoms with Gasteiger partial charge in [0, 0.05) is 38.9 Å². The highest BCUT2D eigenvalue weighted by Gasteiger charge is 2.24. The molecule has 0 bridgehead atoms. The average Bonchev–Trinajstić information content (AvgIpc) is 3.06. The summed E-state index contributed by atoms with van der Waals surface area (Å²) in [6, 6.07) is 7.71. The first kappa shape index (κ1) is 19.1. The molecule has 1 aromatic carbocycles. The van der Waals surface area contributed by atoms with Crippen LogP contribution in [0, 0.1) is 6.92 Å². The molecule has 2 aromatic heterocycles. The number of methoxy groups -OCH3 is 1. The first-order chi connectivity index (χ1) is 13.6. The third-order valence-corrected chi connectivity index (χ3v) is 5.51. The van der Waals surface area contributed by atoms with Gasteiger partial charge in [-0.25, -0.2) is 15.0 Å². The molecular formula is C20H25ClN6O. The number of halogens is 1. The quantitative estimate of drug-likeness (QED) is 0.655. The molecule has 28 heavy (non-hydrogen) atoms. The standard InChI is InChI=1S/C20H25ClN6O/c1-4-25-9-11-26(12-10-25)19-17-20(23-14(2)22-19)27(13-28-3)18(24-17)15-7-5-6-8-16(15)21/h5-8H,4,9-13H2,1-3H3. The number of aryl methyl sites for hydroxylation is 1. The van der Waals surface area contributed by atoms with Crippen LogP contribution in [0.2, 0.25) is 5.02 Å². The minimum atomic E-state index is 0.344. The van der Waals surface area contributed by atoms with Crippen molar-refractivity contribution in [2.45, 2.75) is 20.6 Å². The lowest BCUT2D eigenvalue weighted by molar-refractivity contribution is 0.135. The smallest absolute Gasteiger partial charge is 0.168 e. The Bertz CT molecular complexity index is 980. The van der Waals surface area contributed by atoms with Crippen molar-refractivity contribution in [1.29, 1.82) is 0 Å². The number of nitrogens with zero attached hydrogens (tertiary/aromatic N) is 6. The molecule has 8 heteroatoms. The molecule has 1 fully saturated rings. The van der Waals surface area contributed by atoms with Crippen LogP contribution in [0.4, 0.5) is 5.82 Å². The molecule has 0 radical (unpaired) electrons. The summed E-state index contributed by atoms with van der Waals surface area (Å²) in [6.45, 7) is 9.45. The molecule has 0 spiro atoms. The molecule has 0 amide bonds. The molecule has 0 N–H and O–H groups in total. The van der Waals surface area contributed by atoms with E-state index in [1.807, 2.05) is 35.8 Å². The van der Waals surface area contributed by atoms with Gasteiger partial charge in [-0.3, -0.25) is 4.57 Å². The van der Waals surface area contributed by atoms with Gasteiger partial charge in [-0.15, -0.1) is 0 Å². The van der Waals surface area contributed by atoms with E-state index in [1.165, 1.54) is 0 Å². The van der Waals surface area contributed by atoms with E-state index in [0.29, 0.717) is 11.8 Å². The van der Waals surface area contributed by atoms with Crippen LogP contribution in [-0.4, -0.2) is 64.3 Å². The Balaban J connectivity index is 1.86. The van der Waals surface area contributed by atoms with Crippen LogP contribution in [0.25, 0.3) is 22.6 Å². The fraction of sp³-hybridized carbons (Fsp3) is 0.450. The Kier molecular flexibility index (Phi) is 5.48. The van der Waals surface area contributed by atoms with E-state index in [2.05, 4.69) is 21.7 Å². The van der Waals surface area contributed by atoms with Crippen molar-refractivity contribution >= 4 is 28.6 Å². The maximum absolute atomic E-state index is 6.46. The van der Waals surface area contributed by atoms with E-state index in [-0.39, 0.29) is 0 Å². The zero-order valence-corrected chi connectivity index (χ0v) is 17.3. The highest BCUT2D eigenvalue weighted by molar-refractivity contribution is 6.33. The highest BCUT2D eigenvalue weighted by Crippen LogP contribution is 2.33. The van der Waals surface area contributed by atoms with Crippen molar-refractivity contribution in [3.63, 3.8) is 0 Å². The monoisotopic (exact) mass is 400 g/mol. The van der Waals surface area contributed by atoms with E-state index in [0.717, 1.165) is 66.9 Å². The van der Waals surface area contributed by atoms with Crippen LogP contribution in [-0.2, 0) is 11.5 Å². The number of likely N-dealkylation sites (N-methyl/N-ethyl adjacent to an activating group) is 1. The fourth-order valence-corrected chi connectivity index (χ4v) is 3.91. The maximum atomic E-state index is 6.46. The summed E-state index contributed by atoms with van der Waals surface area (Å²) in [4.78, 5) is 19.1. The van der Waals surface area contributed by atoms with E-state index in [1.54, 1.807) is 7.11 Å². The number of imidazole rings is 1. The predicted molar refractivity (Wildman–Crippen MR) is 112 cm³/mol. The first-order valence-electron chi connectivity index (χ1n) is 9.58. The van der Waals surface area contributed by atoms with Gasteiger partial charge >= 0.3 is 0 Å². The van der Waals surface area contributed by atoms with Crippen molar-refractivity contribution < 1.29 is 4.74 Å². The van der Waals surface area contributed by atoms with Gasteiger partial charge in [0.1, 0.15) is 18.4 Å². The second kappa shape index (κ2) is 8.03. The summed E-state index contributed by atoms with van der Waals surface area (Å²) in [6.07, 6.45) is 0. The van der Waals surface area contributed by atoms with Crippen LogP contribution >= 0.6 is 11.6 Å². The maximum Gasteiger partial charge on any atom is 0.168 e. The predicted octanol–water partition coefficient (Wildman–Crippen LogP) is 3.20. The molecule has 0 unspecified atom stereocenters. The molecule has 4 rings (SSSR count). The number of piperazine rings is 1. The summed E-state index contributed by atoms with van der Waals surface area (Å²) in [5.74, 6) is 2.36.